The van der Waals surface area contributed by atoms with E-state index in [2.05, 4.69) is 36.8 Å². The average Bonchev–Trinajstić information content (AvgIpc) is 3.12. The fraction of sp³-hybridized carbons (Fsp3) is 0.526. The van der Waals surface area contributed by atoms with Gasteiger partial charge < -0.3 is 4.90 Å². The van der Waals surface area contributed by atoms with E-state index < -0.39 is 11.7 Å². The summed E-state index contributed by atoms with van der Waals surface area (Å²) in [5, 5.41) is 4.73. The van der Waals surface area contributed by atoms with Crippen LogP contribution in [0.25, 0.3) is 0 Å². The minimum absolute atomic E-state index is 0.127. The van der Waals surface area contributed by atoms with E-state index in [1.165, 1.54) is 17.8 Å². The molecule has 26 heavy (non-hydrogen) atoms. The molecule has 1 unspecified atom stereocenters. The molecule has 1 fully saturated rings. The Labute approximate surface area is 156 Å². The highest BCUT2D eigenvalue weighted by atomic mass is 32.2. The van der Waals surface area contributed by atoms with Crippen molar-refractivity contribution in [1.29, 1.82) is 0 Å². The van der Waals surface area contributed by atoms with Crippen LogP contribution in [0.1, 0.15) is 38.4 Å². The number of benzene rings is 1. The zero-order valence-electron chi connectivity index (χ0n) is 15.5. The fourth-order valence-corrected chi connectivity index (χ4v) is 4.53. The number of aryl methyl sites for hydroxylation is 1. The van der Waals surface area contributed by atoms with Crippen LogP contribution < -0.4 is 4.90 Å². The van der Waals surface area contributed by atoms with Crippen LogP contribution in [0.15, 0.2) is 35.2 Å². The lowest BCUT2D eigenvalue weighted by atomic mass is 10.1. The van der Waals surface area contributed by atoms with Crippen LogP contribution in [0.2, 0.25) is 0 Å². The highest BCUT2D eigenvalue weighted by Gasteiger charge is 2.35. The van der Waals surface area contributed by atoms with Crippen molar-refractivity contribution in [2.45, 2.75) is 56.0 Å². The van der Waals surface area contributed by atoms with Crippen molar-refractivity contribution >= 4 is 17.6 Å². The minimum atomic E-state index is -4.32. The van der Waals surface area contributed by atoms with E-state index in [0.29, 0.717) is 4.90 Å². The van der Waals surface area contributed by atoms with Crippen LogP contribution in [0.5, 0.6) is 0 Å². The second kappa shape index (κ2) is 6.83. The maximum Gasteiger partial charge on any atom is 0.417 e. The second-order valence-corrected chi connectivity index (χ2v) is 9.04. The van der Waals surface area contributed by atoms with Gasteiger partial charge in [-0.05, 0) is 46.2 Å². The first kappa shape index (κ1) is 19.1. The van der Waals surface area contributed by atoms with Gasteiger partial charge in [0, 0.05) is 29.3 Å². The van der Waals surface area contributed by atoms with Crippen LogP contribution in [-0.4, -0.2) is 28.1 Å². The standard InChI is InChI=1S/C19H24F3N3S/c1-13-11-17(25(23-13)18(2,3)4)24-10-9-14(12-24)26-16-8-6-5-7-15(16)19(20,21)22/h5-8,11,14H,9-10,12H2,1-4H3. The highest BCUT2D eigenvalue weighted by molar-refractivity contribution is 8.00. The van der Waals surface area contributed by atoms with E-state index in [-0.39, 0.29) is 10.8 Å². The third-order valence-electron chi connectivity index (χ3n) is 4.40. The third-order valence-corrected chi connectivity index (χ3v) is 5.73. The Morgan fingerprint density at radius 2 is 1.85 bits per heavy atom. The monoisotopic (exact) mass is 383 g/mol. The molecule has 142 valence electrons. The van der Waals surface area contributed by atoms with Gasteiger partial charge in [-0.3, -0.25) is 0 Å². The van der Waals surface area contributed by atoms with E-state index in [9.17, 15) is 13.2 Å². The number of nitrogens with zero attached hydrogens (tertiary/aromatic N) is 3. The molecule has 0 bridgehead atoms. The summed E-state index contributed by atoms with van der Waals surface area (Å²) in [5.41, 5.74) is 0.269. The van der Waals surface area contributed by atoms with E-state index in [1.54, 1.807) is 12.1 Å². The molecule has 2 aromatic rings. The molecule has 0 saturated carbocycles. The topological polar surface area (TPSA) is 21.1 Å². The molecule has 2 heterocycles. The molecule has 1 aromatic carbocycles. The van der Waals surface area contributed by atoms with Crippen molar-refractivity contribution in [3.63, 3.8) is 0 Å². The first-order valence-electron chi connectivity index (χ1n) is 8.70. The zero-order valence-corrected chi connectivity index (χ0v) is 16.3. The van der Waals surface area contributed by atoms with Crippen molar-refractivity contribution < 1.29 is 13.2 Å². The normalized spacial score (nSPS) is 18.6. The Morgan fingerprint density at radius 1 is 1.15 bits per heavy atom. The molecule has 1 aliphatic heterocycles. The Hall–Kier alpha value is -1.63. The Bertz CT molecular complexity index is 777. The lowest BCUT2D eigenvalue weighted by molar-refractivity contribution is -0.139. The second-order valence-electron chi connectivity index (χ2n) is 7.70. The summed E-state index contributed by atoms with van der Waals surface area (Å²) >= 11 is 1.33. The predicted molar refractivity (Wildman–Crippen MR) is 99.9 cm³/mol. The summed E-state index contributed by atoms with van der Waals surface area (Å²) < 4.78 is 41.7. The Morgan fingerprint density at radius 3 is 2.50 bits per heavy atom. The number of hydrogen-bond donors (Lipinski definition) is 0. The Balaban J connectivity index is 1.77. The van der Waals surface area contributed by atoms with Crippen LogP contribution in [0.3, 0.4) is 0 Å². The van der Waals surface area contributed by atoms with Crippen LogP contribution >= 0.6 is 11.8 Å². The molecule has 1 atom stereocenters. The van der Waals surface area contributed by atoms with Crippen LogP contribution in [0.4, 0.5) is 19.0 Å². The molecule has 0 amide bonds. The van der Waals surface area contributed by atoms with Gasteiger partial charge in [-0.15, -0.1) is 11.8 Å². The summed E-state index contributed by atoms with van der Waals surface area (Å²) in [6, 6.07) is 7.90. The van der Waals surface area contributed by atoms with Gasteiger partial charge in [-0.1, -0.05) is 12.1 Å². The number of alkyl halides is 3. The molecule has 0 radical (unpaired) electrons. The average molecular weight is 383 g/mol. The molecule has 1 aliphatic rings. The molecular weight excluding hydrogens is 359 g/mol. The molecule has 0 spiro atoms. The summed E-state index contributed by atoms with van der Waals surface area (Å²) in [6.45, 7) is 9.82. The molecule has 1 saturated heterocycles. The van der Waals surface area contributed by atoms with Gasteiger partial charge >= 0.3 is 6.18 Å². The van der Waals surface area contributed by atoms with Crippen molar-refractivity contribution in [1.82, 2.24) is 9.78 Å². The third kappa shape index (κ3) is 4.03. The van der Waals surface area contributed by atoms with E-state index in [1.807, 2.05) is 11.6 Å². The summed E-state index contributed by atoms with van der Waals surface area (Å²) in [7, 11) is 0. The van der Waals surface area contributed by atoms with Gasteiger partial charge in [-0.2, -0.15) is 18.3 Å². The minimum Gasteiger partial charge on any atom is -0.356 e. The summed E-state index contributed by atoms with van der Waals surface area (Å²) in [5.74, 6) is 1.04. The van der Waals surface area contributed by atoms with Gasteiger partial charge in [0.05, 0.1) is 16.8 Å². The number of thioether (sulfide) groups is 1. The lowest BCUT2D eigenvalue weighted by Crippen LogP contribution is -2.30. The summed E-state index contributed by atoms with van der Waals surface area (Å²) in [6.07, 6.45) is -3.46. The number of hydrogen-bond acceptors (Lipinski definition) is 3. The van der Waals surface area contributed by atoms with Crippen LogP contribution in [0, 0.1) is 6.92 Å². The highest BCUT2D eigenvalue weighted by Crippen LogP contribution is 2.40. The quantitative estimate of drug-likeness (QED) is 0.714. The van der Waals surface area contributed by atoms with E-state index >= 15 is 0 Å². The molecule has 3 rings (SSSR count). The Kier molecular flexibility index (Phi) is 5.03. The number of rotatable bonds is 3. The molecular formula is C19H24F3N3S. The summed E-state index contributed by atoms with van der Waals surface area (Å²) in [4.78, 5) is 2.55. The first-order valence-corrected chi connectivity index (χ1v) is 9.58. The van der Waals surface area contributed by atoms with E-state index in [4.69, 9.17) is 0 Å². The molecule has 0 aliphatic carbocycles. The smallest absolute Gasteiger partial charge is 0.356 e. The maximum atomic E-state index is 13.2. The maximum absolute atomic E-state index is 13.2. The predicted octanol–water partition coefficient (Wildman–Crippen LogP) is 5.34. The number of anilines is 1. The van der Waals surface area contributed by atoms with Crippen molar-refractivity contribution in [3.05, 3.63) is 41.6 Å². The van der Waals surface area contributed by atoms with Gasteiger partial charge in [0.2, 0.25) is 0 Å². The zero-order chi connectivity index (χ0) is 19.1. The molecule has 7 heteroatoms. The molecule has 1 aromatic heterocycles. The SMILES string of the molecule is Cc1cc(N2CCC(Sc3ccccc3C(F)(F)F)C2)n(C(C)(C)C)n1. The van der Waals surface area contributed by atoms with Crippen LogP contribution in [-0.2, 0) is 11.7 Å². The lowest BCUT2D eigenvalue weighted by Gasteiger charge is -2.27. The fourth-order valence-electron chi connectivity index (χ4n) is 3.22. The van der Waals surface area contributed by atoms with Gasteiger partial charge in [0.25, 0.3) is 0 Å². The van der Waals surface area contributed by atoms with E-state index in [0.717, 1.165) is 37.1 Å². The first-order chi connectivity index (χ1) is 12.1. The van der Waals surface area contributed by atoms with Gasteiger partial charge in [0.15, 0.2) is 0 Å². The van der Waals surface area contributed by atoms with Crippen molar-refractivity contribution in [2.75, 3.05) is 18.0 Å². The van der Waals surface area contributed by atoms with Gasteiger partial charge in [-0.25, -0.2) is 4.68 Å². The largest absolute Gasteiger partial charge is 0.417 e. The van der Waals surface area contributed by atoms with Crippen molar-refractivity contribution in [3.8, 4) is 0 Å². The van der Waals surface area contributed by atoms with Gasteiger partial charge in [0.1, 0.15) is 5.82 Å². The molecule has 3 nitrogen and oxygen atoms in total. The number of halogens is 3. The number of aromatic nitrogens is 2. The van der Waals surface area contributed by atoms with Crippen molar-refractivity contribution in [2.24, 2.45) is 0 Å². The molecule has 0 N–H and O–H groups in total.